The topological polar surface area (TPSA) is 167 Å². The zero-order chi connectivity index (χ0) is 20.6. The molecule has 0 atom stereocenters. The molecule has 0 aliphatic rings. The minimum Gasteiger partial charge on any atom is -1.00 e. The fourth-order valence-corrected chi connectivity index (χ4v) is 3.18. The molecule has 0 spiro atoms. The van der Waals surface area contributed by atoms with Crippen LogP contribution in [-0.2, 0) is 14.9 Å². The van der Waals surface area contributed by atoms with E-state index in [-0.39, 0.29) is 37.6 Å². The van der Waals surface area contributed by atoms with Gasteiger partial charge < -0.3 is 6.16 Å². The third-order valence-electron chi connectivity index (χ3n) is 3.67. The van der Waals surface area contributed by atoms with E-state index >= 15 is 0 Å². The summed E-state index contributed by atoms with van der Waals surface area (Å²) in [5.41, 5.74) is -3.11. The molecule has 0 aliphatic heterocycles. The van der Waals surface area contributed by atoms with Crippen molar-refractivity contribution in [1.29, 1.82) is 0 Å². The van der Waals surface area contributed by atoms with Crippen LogP contribution in [0.1, 0.15) is 57.2 Å². The van der Waals surface area contributed by atoms with Gasteiger partial charge in [0.15, 0.2) is 0 Å². The second-order valence-electron chi connectivity index (χ2n) is 5.74. The van der Waals surface area contributed by atoms with Gasteiger partial charge in [0.2, 0.25) is 4.90 Å². The van der Waals surface area contributed by atoms with Gasteiger partial charge in [-0.3, -0.25) is 24.8 Å². The van der Waals surface area contributed by atoms with Crippen molar-refractivity contribution in [2.24, 2.45) is 0 Å². The summed E-state index contributed by atoms with van der Waals surface area (Å²) in [6.07, 6.45) is 5.59. The van der Waals surface area contributed by atoms with E-state index in [1.807, 2.05) is 0 Å². The van der Waals surface area contributed by atoms with Crippen LogP contribution in [0.2, 0.25) is 0 Å². The van der Waals surface area contributed by atoms with Crippen LogP contribution >= 0.6 is 0 Å². The molecule has 0 bridgehead atoms. The molecule has 152 valence electrons. The number of benzene rings is 1. The summed E-state index contributed by atoms with van der Waals surface area (Å²) >= 11 is 0. The van der Waals surface area contributed by atoms with Crippen molar-refractivity contribution in [1.82, 2.24) is 0 Å². The Labute approximate surface area is 185 Å². The minimum absolute atomic E-state index is 0. The molecule has 1 aromatic carbocycles. The number of nitro groups is 2. The summed E-state index contributed by atoms with van der Waals surface area (Å²) in [6, 6.07) is 1.05. The van der Waals surface area contributed by atoms with Gasteiger partial charge in [-0.05, 0) is 6.42 Å². The fraction of sp³-hybridized carbons (Fsp3) is 0.533. The average molecular weight is 428 g/mol. The average Bonchev–Trinajstić information content (AvgIpc) is 2.58. The molecule has 0 amide bonds. The first-order valence-corrected chi connectivity index (χ1v) is 9.65. The largest absolute Gasteiger partial charge is 1.00 e. The standard InChI is InChI=1S/C15H20N2O9S.Na.H/c1-2-3-4-5-6-7-8-26-15(18)11-9-12(16(19)20)14(27(23,24)25)13(10-11)17(21)22;;/h9-10H,2-8H2,1H3,(H,23,24,25);;/q;+1;-1. The summed E-state index contributed by atoms with van der Waals surface area (Å²) in [6.45, 7) is 2.10. The normalized spacial score (nSPS) is 10.8. The second-order valence-corrected chi connectivity index (χ2v) is 7.09. The molecule has 1 N–H and O–H groups in total. The summed E-state index contributed by atoms with van der Waals surface area (Å²) in [4.78, 5) is 30.2. The van der Waals surface area contributed by atoms with Gasteiger partial charge in [0, 0.05) is 12.1 Å². The molecule has 13 heteroatoms. The molecular weight excluding hydrogens is 407 g/mol. The number of hydrogen-bond acceptors (Lipinski definition) is 8. The van der Waals surface area contributed by atoms with Crippen LogP contribution in [0.4, 0.5) is 11.4 Å². The quantitative estimate of drug-likeness (QED) is 0.131. The zero-order valence-electron chi connectivity index (χ0n) is 16.6. The van der Waals surface area contributed by atoms with E-state index in [1.165, 1.54) is 0 Å². The first-order chi connectivity index (χ1) is 12.6. The van der Waals surface area contributed by atoms with Crippen molar-refractivity contribution in [3.63, 3.8) is 0 Å². The van der Waals surface area contributed by atoms with Crippen LogP contribution in [0.5, 0.6) is 0 Å². The Morgan fingerprint density at radius 1 is 1.07 bits per heavy atom. The van der Waals surface area contributed by atoms with Crippen LogP contribution in [0.25, 0.3) is 0 Å². The Balaban J connectivity index is 0. The predicted molar refractivity (Wildman–Crippen MR) is 94.3 cm³/mol. The van der Waals surface area contributed by atoms with Crippen molar-refractivity contribution in [2.45, 2.75) is 50.3 Å². The van der Waals surface area contributed by atoms with Gasteiger partial charge in [0.05, 0.1) is 22.0 Å². The fourth-order valence-electron chi connectivity index (χ4n) is 2.38. The summed E-state index contributed by atoms with van der Waals surface area (Å²) in [5, 5.41) is 22.1. The number of rotatable bonds is 11. The number of esters is 1. The molecular formula is C15H21N2NaO9S. The number of hydrogen-bond donors (Lipinski definition) is 1. The predicted octanol–water partition coefficient (Wildman–Crippen LogP) is 0.384. The third kappa shape index (κ3) is 7.80. The Morgan fingerprint density at radius 3 is 1.96 bits per heavy atom. The van der Waals surface area contributed by atoms with Gasteiger partial charge >= 0.3 is 45.6 Å². The van der Waals surface area contributed by atoms with Crippen LogP contribution in [-0.4, -0.2) is 35.4 Å². The van der Waals surface area contributed by atoms with E-state index < -0.39 is 47.8 Å². The third-order valence-corrected chi connectivity index (χ3v) is 4.60. The second kappa shape index (κ2) is 12.1. The maximum absolute atomic E-state index is 12.0. The smallest absolute Gasteiger partial charge is 1.00 e. The number of nitrogens with zero attached hydrogens (tertiary/aromatic N) is 2. The Bertz CT molecular complexity index is 798. The Hall–Kier alpha value is -1.60. The monoisotopic (exact) mass is 428 g/mol. The van der Waals surface area contributed by atoms with E-state index in [2.05, 4.69) is 6.92 Å². The van der Waals surface area contributed by atoms with Crippen LogP contribution < -0.4 is 29.6 Å². The van der Waals surface area contributed by atoms with E-state index in [9.17, 15) is 33.4 Å². The summed E-state index contributed by atoms with van der Waals surface area (Å²) in [5.74, 6) is -1.06. The molecule has 0 saturated carbocycles. The molecule has 0 fully saturated rings. The Kier molecular flexibility index (Phi) is 11.4. The summed E-state index contributed by atoms with van der Waals surface area (Å²) in [7, 11) is -5.26. The van der Waals surface area contributed by atoms with Crippen molar-refractivity contribution in [2.75, 3.05) is 6.61 Å². The van der Waals surface area contributed by atoms with Crippen molar-refractivity contribution >= 4 is 27.5 Å². The van der Waals surface area contributed by atoms with Gasteiger partial charge in [0.1, 0.15) is 0 Å². The van der Waals surface area contributed by atoms with Crippen molar-refractivity contribution in [3.8, 4) is 0 Å². The maximum Gasteiger partial charge on any atom is 1.00 e. The molecule has 0 radical (unpaired) electrons. The van der Waals surface area contributed by atoms with E-state index in [0.29, 0.717) is 18.6 Å². The zero-order valence-corrected chi connectivity index (χ0v) is 18.4. The van der Waals surface area contributed by atoms with Crippen molar-refractivity contribution in [3.05, 3.63) is 37.9 Å². The van der Waals surface area contributed by atoms with Gasteiger partial charge in [-0.25, -0.2) is 4.79 Å². The molecule has 1 rings (SSSR count). The molecule has 0 saturated heterocycles. The molecule has 1 aromatic rings. The number of ether oxygens (including phenoxy) is 1. The van der Waals surface area contributed by atoms with Gasteiger partial charge in [-0.2, -0.15) is 8.42 Å². The summed E-state index contributed by atoms with van der Waals surface area (Å²) < 4.78 is 36.6. The van der Waals surface area contributed by atoms with Crippen LogP contribution in [0.15, 0.2) is 17.0 Å². The molecule has 0 heterocycles. The molecule has 11 nitrogen and oxygen atoms in total. The van der Waals surface area contributed by atoms with E-state index in [1.54, 1.807) is 0 Å². The van der Waals surface area contributed by atoms with Crippen molar-refractivity contribution < 1.29 is 63.3 Å². The number of nitro benzene ring substituents is 2. The number of carbonyl (C=O) groups excluding carboxylic acids is 1. The first kappa shape index (κ1) is 26.4. The maximum atomic E-state index is 12.0. The van der Waals surface area contributed by atoms with Crippen LogP contribution in [0.3, 0.4) is 0 Å². The van der Waals surface area contributed by atoms with Crippen LogP contribution in [0, 0.1) is 20.2 Å². The van der Waals surface area contributed by atoms with Gasteiger partial charge in [-0.1, -0.05) is 39.0 Å². The van der Waals surface area contributed by atoms with E-state index in [4.69, 9.17) is 9.29 Å². The molecule has 0 aromatic heterocycles. The SMILES string of the molecule is CCCCCCCCOC(=O)c1cc([N+](=O)[O-])c(S(=O)(=O)O)c([N+](=O)[O-])c1.[H-].[Na+]. The Morgan fingerprint density at radius 2 is 1.54 bits per heavy atom. The first-order valence-electron chi connectivity index (χ1n) is 8.21. The molecule has 0 unspecified atom stereocenters. The molecule has 0 aliphatic carbocycles. The van der Waals surface area contributed by atoms with E-state index in [0.717, 1.165) is 32.1 Å². The number of unbranched alkanes of at least 4 members (excludes halogenated alkanes) is 5. The molecule has 28 heavy (non-hydrogen) atoms. The van der Waals surface area contributed by atoms with Gasteiger partial charge in [0.25, 0.3) is 11.4 Å². The van der Waals surface area contributed by atoms with Gasteiger partial charge in [-0.15, -0.1) is 0 Å². The number of carbonyl (C=O) groups is 1. The minimum atomic E-state index is -5.26.